The standard InChI is InChI=1S/C19H17ClN2O4S3/c20-14-6-2-1-5-13(14)11-21-18(23)19(24)22-12-16(15-7-3-9-27-15)29(25,26)17-8-4-10-28-17/h1-10,16H,11-12H2,(H,21,23)(H,22,24)/t16-/m0/s1. The van der Waals surface area contributed by atoms with Gasteiger partial charge in [0.25, 0.3) is 0 Å². The monoisotopic (exact) mass is 468 g/mol. The Bertz CT molecular complexity index is 1080. The molecule has 3 rings (SSSR count). The van der Waals surface area contributed by atoms with Crippen LogP contribution in [0.3, 0.4) is 0 Å². The Morgan fingerprint density at radius 1 is 0.931 bits per heavy atom. The number of benzene rings is 1. The lowest BCUT2D eigenvalue weighted by molar-refractivity contribution is -0.139. The minimum atomic E-state index is -3.70. The zero-order valence-corrected chi connectivity index (χ0v) is 18.2. The van der Waals surface area contributed by atoms with E-state index in [0.29, 0.717) is 15.5 Å². The van der Waals surface area contributed by atoms with Gasteiger partial charge >= 0.3 is 11.8 Å². The third-order valence-corrected chi connectivity index (χ3v) is 9.08. The number of halogens is 1. The lowest BCUT2D eigenvalue weighted by atomic mass is 10.2. The molecule has 0 aliphatic rings. The van der Waals surface area contributed by atoms with Crippen molar-refractivity contribution in [2.75, 3.05) is 6.54 Å². The van der Waals surface area contributed by atoms with Crippen LogP contribution in [-0.2, 0) is 26.0 Å². The van der Waals surface area contributed by atoms with Gasteiger partial charge in [-0.15, -0.1) is 22.7 Å². The lowest BCUT2D eigenvalue weighted by Crippen LogP contribution is -2.41. The Kier molecular flexibility index (Phi) is 7.07. The van der Waals surface area contributed by atoms with E-state index >= 15 is 0 Å². The Labute approximate surface area is 181 Å². The molecule has 0 bridgehead atoms. The Morgan fingerprint density at radius 2 is 1.62 bits per heavy atom. The zero-order valence-electron chi connectivity index (χ0n) is 15.0. The quantitative estimate of drug-likeness (QED) is 0.520. The van der Waals surface area contributed by atoms with E-state index in [0.717, 1.165) is 11.3 Å². The van der Waals surface area contributed by atoms with Gasteiger partial charge in [-0.3, -0.25) is 9.59 Å². The average Bonchev–Trinajstić information content (AvgIpc) is 3.41. The number of carbonyl (C=O) groups excluding carboxylic acids is 2. The molecule has 2 heterocycles. The van der Waals surface area contributed by atoms with Gasteiger partial charge in [0.1, 0.15) is 9.46 Å². The first-order valence-corrected chi connectivity index (χ1v) is 12.2. The second-order valence-corrected chi connectivity index (χ2v) is 10.7. The number of amides is 2. The summed E-state index contributed by atoms with van der Waals surface area (Å²) >= 11 is 8.43. The van der Waals surface area contributed by atoms with Crippen molar-refractivity contribution in [1.82, 2.24) is 10.6 Å². The highest BCUT2D eigenvalue weighted by molar-refractivity contribution is 7.93. The number of nitrogens with one attached hydrogen (secondary N) is 2. The van der Waals surface area contributed by atoms with Crippen molar-refractivity contribution in [3.8, 4) is 0 Å². The number of hydrogen-bond acceptors (Lipinski definition) is 6. The second-order valence-electron chi connectivity index (χ2n) is 5.97. The van der Waals surface area contributed by atoms with Gasteiger partial charge in [0.05, 0.1) is 0 Å². The van der Waals surface area contributed by atoms with Crippen molar-refractivity contribution in [2.45, 2.75) is 16.0 Å². The number of sulfone groups is 1. The molecule has 0 spiro atoms. The molecule has 0 aliphatic carbocycles. The summed E-state index contributed by atoms with van der Waals surface area (Å²) in [5, 5.41) is 7.88. The third-order valence-electron chi connectivity index (χ3n) is 4.06. The van der Waals surface area contributed by atoms with Crippen molar-refractivity contribution >= 4 is 55.9 Å². The maximum Gasteiger partial charge on any atom is 0.309 e. The highest BCUT2D eigenvalue weighted by Gasteiger charge is 2.31. The van der Waals surface area contributed by atoms with E-state index in [1.54, 1.807) is 53.2 Å². The molecule has 0 saturated heterocycles. The molecule has 0 saturated carbocycles. The molecule has 6 nitrogen and oxygen atoms in total. The highest BCUT2D eigenvalue weighted by atomic mass is 35.5. The third kappa shape index (κ3) is 5.24. The van der Waals surface area contributed by atoms with Gasteiger partial charge in [0, 0.05) is 23.0 Å². The summed E-state index contributed by atoms with van der Waals surface area (Å²) in [6.07, 6.45) is 0. The predicted octanol–water partition coefficient (Wildman–Crippen LogP) is 3.41. The molecule has 3 aromatic rings. The van der Waals surface area contributed by atoms with E-state index in [1.807, 2.05) is 0 Å². The number of carbonyl (C=O) groups is 2. The molecule has 0 aliphatic heterocycles. The topological polar surface area (TPSA) is 92.3 Å². The normalized spacial score (nSPS) is 12.3. The van der Waals surface area contributed by atoms with Crippen LogP contribution in [0.25, 0.3) is 0 Å². The largest absolute Gasteiger partial charge is 0.346 e. The van der Waals surface area contributed by atoms with Gasteiger partial charge in [-0.25, -0.2) is 8.42 Å². The van der Waals surface area contributed by atoms with Crippen molar-refractivity contribution < 1.29 is 18.0 Å². The van der Waals surface area contributed by atoms with Crippen LogP contribution < -0.4 is 10.6 Å². The number of rotatable bonds is 7. The second kappa shape index (κ2) is 9.53. The van der Waals surface area contributed by atoms with Gasteiger partial charge < -0.3 is 10.6 Å². The van der Waals surface area contributed by atoms with Crippen molar-refractivity contribution in [1.29, 1.82) is 0 Å². The lowest BCUT2D eigenvalue weighted by Gasteiger charge is -2.16. The maximum atomic E-state index is 13.0. The molecule has 10 heteroatoms. The van der Waals surface area contributed by atoms with Gasteiger partial charge in [0.15, 0.2) is 9.84 Å². The maximum absolute atomic E-state index is 13.0. The summed E-state index contributed by atoms with van der Waals surface area (Å²) in [7, 11) is -3.70. The molecule has 0 fully saturated rings. The van der Waals surface area contributed by atoms with Gasteiger partial charge in [0.2, 0.25) is 0 Å². The van der Waals surface area contributed by atoms with Gasteiger partial charge in [-0.1, -0.05) is 41.9 Å². The van der Waals surface area contributed by atoms with Crippen LogP contribution in [0.5, 0.6) is 0 Å². The first-order valence-electron chi connectivity index (χ1n) is 8.50. The van der Waals surface area contributed by atoms with Crippen molar-refractivity contribution in [3.05, 3.63) is 74.8 Å². The van der Waals surface area contributed by atoms with Crippen LogP contribution in [0.4, 0.5) is 0 Å². The summed E-state index contributed by atoms with van der Waals surface area (Å²) in [6, 6.07) is 13.6. The summed E-state index contributed by atoms with van der Waals surface area (Å²) in [5.74, 6) is -1.76. The van der Waals surface area contributed by atoms with E-state index in [4.69, 9.17) is 11.6 Å². The summed E-state index contributed by atoms with van der Waals surface area (Å²) in [4.78, 5) is 24.9. The van der Waals surface area contributed by atoms with E-state index in [-0.39, 0.29) is 17.3 Å². The summed E-state index contributed by atoms with van der Waals surface area (Å²) in [5.41, 5.74) is 0.673. The average molecular weight is 469 g/mol. The molecule has 2 aromatic heterocycles. The minimum absolute atomic E-state index is 0.0910. The fourth-order valence-electron chi connectivity index (χ4n) is 2.57. The zero-order chi connectivity index (χ0) is 20.9. The first-order chi connectivity index (χ1) is 13.9. The molecule has 152 valence electrons. The molecular formula is C19H17ClN2O4S3. The smallest absolute Gasteiger partial charge is 0.309 e. The van der Waals surface area contributed by atoms with Crippen molar-refractivity contribution in [2.24, 2.45) is 0 Å². The summed E-state index contributed by atoms with van der Waals surface area (Å²) in [6.45, 7) is -0.118. The van der Waals surface area contributed by atoms with Crippen LogP contribution in [0.15, 0.2) is 63.5 Å². The molecule has 1 aromatic carbocycles. The Morgan fingerprint density at radius 3 is 2.28 bits per heavy atom. The highest BCUT2D eigenvalue weighted by Crippen LogP contribution is 2.33. The van der Waals surface area contributed by atoms with Crippen LogP contribution in [0, 0.1) is 0 Å². The Hall–Kier alpha value is -2.20. The SMILES string of the molecule is O=C(NCc1ccccc1Cl)C(=O)NC[C@@H](c1cccs1)S(=O)(=O)c1cccs1. The van der Waals surface area contributed by atoms with Crippen LogP contribution in [0.2, 0.25) is 5.02 Å². The molecule has 2 N–H and O–H groups in total. The first kappa shape index (κ1) is 21.5. The predicted molar refractivity (Wildman–Crippen MR) is 115 cm³/mol. The molecule has 29 heavy (non-hydrogen) atoms. The minimum Gasteiger partial charge on any atom is -0.346 e. The van der Waals surface area contributed by atoms with E-state index in [9.17, 15) is 18.0 Å². The van der Waals surface area contributed by atoms with E-state index in [1.165, 1.54) is 17.4 Å². The van der Waals surface area contributed by atoms with Crippen molar-refractivity contribution in [3.63, 3.8) is 0 Å². The van der Waals surface area contributed by atoms with E-state index < -0.39 is 26.9 Å². The molecule has 0 radical (unpaired) electrons. The van der Waals surface area contributed by atoms with Crippen LogP contribution in [0.1, 0.15) is 15.7 Å². The Balaban J connectivity index is 1.66. The van der Waals surface area contributed by atoms with Crippen LogP contribution >= 0.6 is 34.3 Å². The summed E-state index contributed by atoms with van der Waals surface area (Å²) < 4.78 is 26.2. The fraction of sp³-hybridized carbons (Fsp3) is 0.158. The fourth-order valence-corrected chi connectivity index (χ4v) is 6.76. The van der Waals surface area contributed by atoms with E-state index in [2.05, 4.69) is 10.6 Å². The van der Waals surface area contributed by atoms with Crippen LogP contribution in [-0.4, -0.2) is 26.8 Å². The van der Waals surface area contributed by atoms with Gasteiger partial charge in [-0.05, 0) is 34.5 Å². The number of hydrogen-bond donors (Lipinski definition) is 2. The molecule has 1 atom stereocenters. The molecule has 2 amide bonds. The number of thiophene rings is 2. The van der Waals surface area contributed by atoms with Gasteiger partial charge in [-0.2, -0.15) is 0 Å². The molecular weight excluding hydrogens is 452 g/mol. The molecule has 0 unspecified atom stereocenters.